The zero-order valence-electron chi connectivity index (χ0n) is 10.5. The Bertz CT molecular complexity index is 338. The van der Waals surface area contributed by atoms with Crippen LogP contribution in [0.3, 0.4) is 0 Å². The lowest BCUT2D eigenvalue weighted by molar-refractivity contribution is 0.0869. The largest absolute Gasteiger partial charge is 0.459 e. The van der Waals surface area contributed by atoms with Gasteiger partial charge in [0.2, 0.25) is 0 Å². The number of rotatable bonds is 5. The van der Waals surface area contributed by atoms with Gasteiger partial charge in [-0.3, -0.25) is 4.79 Å². The van der Waals surface area contributed by atoms with Gasteiger partial charge in [-0.2, -0.15) is 0 Å². The zero-order chi connectivity index (χ0) is 12.2. The maximum Gasteiger partial charge on any atom is 0.287 e. The van der Waals surface area contributed by atoms with Gasteiger partial charge in [0.25, 0.3) is 5.91 Å². The average molecular weight is 261 g/mol. The Labute approximate surface area is 108 Å². The molecule has 1 atom stereocenters. The minimum Gasteiger partial charge on any atom is -0.459 e. The molecule has 17 heavy (non-hydrogen) atoms. The molecule has 1 aromatic rings. The number of nitrogens with two attached hydrogens (primary N) is 1. The van der Waals surface area contributed by atoms with Crippen LogP contribution in [0.25, 0.3) is 0 Å². The second kappa shape index (κ2) is 6.67. The Hall–Kier alpha value is -1.00. The summed E-state index contributed by atoms with van der Waals surface area (Å²) in [6.45, 7) is 6.57. The summed E-state index contributed by atoms with van der Waals surface area (Å²) in [5.74, 6) is 0.590. The van der Waals surface area contributed by atoms with E-state index < -0.39 is 0 Å². The van der Waals surface area contributed by atoms with Crippen LogP contribution >= 0.6 is 12.4 Å². The van der Waals surface area contributed by atoms with E-state index in [0.29, 0.717) is 18.2 Å². The second-order valence-electron chi connectivity index (χ2n) is 4.79. The lowest BCUT2D eigenvalue weighted by Crippen LogP contribution is -2.52. The molecule has 0 spiro atoms. The molecule has 0 bridgehead atoms. The highest BCUT2D eigenvalue weighted by Crippen LogP contribution is 2.16. The van der Waals surface area contributed by atoms with Gasteiger partial charge in [0.05, 0.1) is 11.8 Å². The molecule has 0 aromatic carbocycles. The van der Waals surface area contributed by atoms with Gasteiger partial charge >= 0.3 is 0 Å². The Morgan fingerprint density at radius 2 is 2.24 bits per heavy atom. The quantitative estimate of drug-likeness (QED) is 0.853. The summed E-state index contributed by atoms with van der Waals surface area (Å²) in [5.41, 5.74) is 5.33. The first-order valence-corrected chi connectivity index (χ1v) is 5.53. The first-order valence-electron chi connectivity index (χ1n) is 5.53. The summed E-state index contributed by atoms with van der Waals surface area (Å²) < 4.78 is 5.04. The average Bonchev–Trinajstić information content (AvgIpc) is 2.69. The smallest absolute Gasteiger partial charge is 0.287 e. The fourth-order valence-electron chi connectivity index (χ4n) is 1.83. The summed E-state index contributed by atoms with van der Waals surface area (Å²) in [6.07, 6.45) is 2.33. The van der Waals surface area contributed by atoms with E-state index in [1.807, 2.05) is 6.92 Å². The Kier molecular flexibility index (Phi) is 6.27. The van der Waals surface area contributed by atoms with Crippen molar-refractivity contribution in [3.05, 3.63) is 24.2 Å². The van der Waals surface area contributed by atoms with Crippen molar-refractivity contribution in [2.24, 2.45) is 11.7 Å². The van der Waals surface area contributed by atoms with Crippen molar-refractivity contribution in [3.8, 4) is 0 Å². The minimum atomic E-state index is -0.377. The van der Waals surface area contributed by atoms with Crippen LogP contribution in [0.2, 0.25) is 0 Å². The number of carbonyl (C=O) groups excluding carboxylic acids is 1. The van der Waals surface area contributed by atoms with Crippen LogP contribution in [-0.2, 0) is 0 Å². The highest BCUT2D eigenvalue weighted by Gasteiger charge is 2.27. The van der Waals surface area contributed by atoms with E-state index in [2.05, 4.69) is 19.2 Å². The van der Waals surface area contributed by atoms with Crippen molar-refractivity contribution >= 4 is 18.3 Å². The van der Waals surface area contributed by atoms with Gasteiger partial charge < -0.3 is 15.5 Å². The molecule has 0 saturated carbocycles. The van der Waals surface area contributed by atoms with Gasteiger partial charge in [-0.1, -0.05) is 13.8 Å². The van der Waals surface area contributed by atoms with Gasteiger partial charge in [-0.15, -0.1) is 12.4 Å². The lowest BCUT2D eigenvalue weighted by Gasteiger charge is -2.30. The third kappa shape index (κ3) is 4.79. The predicted molar refractivity (Wildman–Crippen MR) is 70.3 cm³/mol. The molecule has 3 N–H and O–H groups in total. The SMILES string of the molecule is CC(C)CC(C)(CN)NC(=O)c1ccco1.Cl. The molecule has 1 unspecified atom stereocenters. The molecule has 0 radical (unpaired) electrons. The summed E-state index contributed by atoms with van der Waals surface area (Å²) in [4.78, 5) is 11.8. The van der Waals surface area contributed by atoms with Gasteiger partial charge in [0.15, 0.2) is 5.76 Å². The number of halogens is 1. The summed E-state index contributed by atoms with van der Waals surface area (Å²) in [7, 11) is 0. The topological polar surface area (TPSA) is 68.3 Å². The van der Waals surface area contributed by atoms with E-state index in [9.17, 15) is 4.79 Å². The number of nitrogens with one attached hydrogen (secondary N) is 1. The van der Waals surface area contributed by atoms with E-state index in [1.54, 1.807) is 12.1 Å². The Morgan fingerprint density at radius 1 is 1.59 bits per heavy atom. The molecule has 0 aliphatic rings. The summed E-state index contributed by atoms with van der Waals surface area (Å²) >= 11 is 0. The lowest BCUT2D eigenvalue weighted by atomic mass is 9.90. The molecule has 98 valence electrons. The molecule has 5 heteroatoms. The van der Waals surface area contributed by atoms with Gasteiger partial charge in [0, 0.05) is 6.54 Å². The van der Waals surface area contributed by atoms with Gasteiger partial charge in [-0.05, 0) is 31.4 Å². The molecule has 4 nitrogen and oxygen atoms in total. The molecule has 1 rings (SSSR count). The molecule has 1 amide bonds. The number of hydrogen-bond donors (Lipinski definition) is 2. The molecule has 0 fully saturated rings. The first kappa shape index (κ1) is 16.0. The molecule has 1 heterocycles. The van der Waals surface area contributed by atoms with E-state index in [4.69, 9.17) is 10.2 Å². The Morgan fingerprint density at radius 3 is 2.65 bits per heavy atom. The van der Waals surface area contributed by atoms with E-state index in [0.717, 1.165) is 6.42 Å². The molecule has 0 aliphatic heterocycles. The van der Waals surface area contributed by atoms with Crippen molar-refractivity contribution in [2.45, 2.75) is 32.7 Å². The molecule has 1 aromatic heterocycles. The van der Waals surface area contributed by atoms with Crippen LogP contribution in [0.1, 0.15) is 37.7 Å². The van der Waals surface area contributed by atoms with Crippen LogP contribution in [0, 0.1) is 5.92 Å². The fourth-order valence-corrected chi connectivity index (χ4v) is 1.83. The maximum atomic E-state index is 11.8. The predicted octanol–water partition coefficient (Wildman–Crippen LogP) is 2.19. The van der Waals surface area contributed by atoms with Crippen molar-refractivity contribution < 1.29 is 9.21 Å². The van der Waals surface area contributed by atoms with Crippen LogP contribution in [0.4, 0.5) is 0 Å². The van der Waals surface area contributed by atoms with Crippen molar-refractivity contribution in [3.63, 3.8) is 0 Å². The molecular formula is C12H21ClN2O2. The number of furan rings is 1. The van der Waals surface area contributed by atoms with Crippen LogP contribution < -0.4 is 11.1 Å². The van der Waals surface area contributed by atoms with Gasteiger partial charge in [-0.25, -0.2) is 0 Å². The molecule has 0 saturated heterocycles. The minimum absolute atomic E-state index is 0. The van der Waals surface area contributed by atoms with E-state index >= 15 is 0 Å². The zero-order valence-corrected chi connectivity index (χ0v) is 11.3. The normalized spacial score (nSPS) is 13.9. The second-order valence-corrected chi connectivity index (χ2v) is 4.79. The van der Waals surface area contributed by atoms with Gasteiger partial charge in [0.1, 0.15) is 0 Å². The van der Waals surface area contributed by atoms with E-state index in [-0.39, 0.29) is 23.9 Å². The van der Waals surface area contributed by atoms with Crippen molar-refractivity contribution in [2.75, 3.05) is 6.54 Å². The van der Waals surface area contributed by atoms with Crippen LogP contribution in [0.15, 0.2) is 22.8 Å². The molecule has 0 aliphatic carbocycles. The monoisotopic (exact) mass is 260 g/mol. The summed E-state index contributed by atoms with van der Waals surface area (Å²) in [5, 5.41) is 2.92. The number of carbonyl (C=O) groups is 1. The standard InChI is InChI=1S/C12H20N2O2.ClH/c1-9(2)7-12(3,8-13)14-11(15)10-5-4-6-16-10;/h4-6,9H,7-8,13H2,1-3H3,(H,14,15);1H. The van der Waals surface area contributed by atoms with Crippen molar-refractivity contribution in [1.82, 2.24) is 5.32 Å². The third-order valence-corrected chi connectivity index (χ3v) is 2.47. The summed E-state index contributed by atoms with van der Waals surface area (Å²) in [6, 6.07) is 3.33. The van der Waals surface area contributed by atoms with Crippen LogP contribution in [0.5, 0.6) is 0 Å². The highest BCUT2D eigenvalue weighted by molar-refractivity contribution is 5.91. The third-order valence-electron chi connectivity index (χ3n) is 2.47. The van der Waals surface area contributed by atoms with Crippen molar-refractivity contribution in [1.29, 1.82) is 0 Å². The van der Waals surface area contributed by atoms with Crippen LogP contribution in [-0.4, -0.2) is 18.0 Å². The first-order chi connectivity index (χ1) is 7.47. The molecular weight excluding hydrogens is 240 g/mol. The number of amides is 1. The maximum absolute atomic E-state index is 11.8. The highest BCUT2D eigenvalue weighted by atomic mass is 35.5. The fraction of sp³-hybridized carbons (Fsp3) is 0.583. The number of hydrogen-bond acceptors (Lipinski definition) is 3. The Balaban J connectivity index is 0.00000256. The van der Waals surface area contributed by atoms with E-state index in [1.165, 1.54) is 6.26 Å².